The van der Waals surface area contributed by atoms with Crippen LogP contribution in [0.25, 0.3) is 0 Å². The lowest BCUT2D eigenvalue weighted by atomic mass is 10.0. The fourth-order valence-corrected chi connectivity index (χ4v) is 2.29. The topological polar surface area (TPSA) is 67.2 Å². The SMILES string of the molecule is Cc1ccc([C@H](CNC(=O)c2ccc(=O)n(C)n2)N(C)C)cc1. The first kappa shape index (κ1) is 16.9. The van der Waals surface area contributed by atoms with Gasteiger partial charge in [0.25, 0.3) is 11.5 Å². The molecule has 6 heteroatoms. The van der Waals surface area contributed by atoms with Gasteiger partial charge in [0.2, 0.25) is 0 Å². The Labute approximate surface area is 135 Å². The van der Waals surface area contributed by atoms with Gasteiger partial charge in [-0.25, -0.2) is 4.68 Å². The first-order chi connectivity index (χ1) is 10.9. The third kappa shape index (κ3) is 4.26. The van der Waals surface area contributed by atoms with Gasteiger partial charge < -0.3 is 10.2 Å². The van der Waals surface area contributed by atoms with Crippen LogP contribution in [0.5, 0.6) is 0 Å². The molecule has 1 aromatic heterocycles. The average molecular weight is 314 g/mol. The minimum absolute atomic E-state index is 0.0621. The van der Waals surface area contributed by atoms with Crippen molar-refractivity contribution in [1.29, 1.82) is 0 Å². The number of carbonyl (C=O) groups is 1. The smallest absolute Gasteiger partial charge is 0.271 e. The Balaban J connectivity index is 2.09. The van der Waals surface area contributed by atoms with E-state index in [2.05, 4.69) is 39.6 Å². The number of likely N-dealkylation sites (N-methyl/N-ethyl adjacent to an activating group) is 1. The molecule has 0 spiro atoms. The van der Waals surface area contributed by atoms with E-state index >= 15 is 0 Å². The third-order valence-corrected chi connectivity index (χ3v) is 3.73. The van der Waals surface area contributed by atoms with Gasteiger partial charge in [0.05, 0.1) is 6.04 Å². The second-order valence-corrected chi connectivity index (χ2v) is 5.78. The monoisotopic (exact) mass is 314 g/mol. The number of hydrogen-bond donors (Lipinski definition) is 1. The Bertz CT molecular complexity index is 735. The zero-order valence-electron chi connectivity index (χ0n) is 13.9. The standard InChI is InChI=1S/C17H22N4O2/c1-12-5-7-13(8-6-12)15(20(2)3)11-18-17(23)14-9-10-16(22)21(4)19-14/h5-10,15H,11H2,1-4H3,(H,18,23)/t15-/m0/s1. The van der Waals surface area contributed by atoms with E-state index < -0.39 is 0 Å². The molecule has 23 heavy (non-hydrogen) atoms. The van der Waals surface area contributed by atoms with Crippen molar-refractivity contribution < 1.29 is 4.79 Å². The fraction of sp³-hybridized carbons (Fsp3) is 0.353. The Morgan fingerprint density at radius 1 is 1.22 bits per heavy atom. The second-order valence-electron chi connectivity index (χ2n) is 5.78. The highest BCUT2D eigenvalue weighted by molar-refractivity contribution is 5.92. The van der Waals surface area contributed by atoms with E-state index in [0.29, 0.717) is 6.54 Å². The summed E-state index contributed by atoms with van der Waals surface area (Å²) >= 11 is 0. The van der Waals surface area contributed by atoms with Crippen molar-refractivity contribution in [2.24, 2.45) is 7.05 Å². The highest BCUT2D eigenvalue weighted by Gasteiger charge is 2.16. The lowest BCUT2D eigenvalue weighted by Gasteiger charge is -2.25. The van der Waals surface area contributed by atoms with E-state index in [-0.39, 0.29) is 23.2 Å². The number of aryl methyl sites for hydroxylation is 2. The van der Waals surface area contributed by atoms with Gasteiger partial charge in [0, 0.05) is 19.7 Å². The van der Waals surface area contributed by atoms with Gasteiger partial charge in [-0.05, 0) is 32.6 Å². The van der Waals surface area contributed by atoms with Crippen molar-refractivity contribution in [3.8, 4) is 0 Å². The summed E-state index contributed by atoms with van der Waals surface area (Å²) in [6.07, 6.45) is 0. The Kier molecular flexibility index (Phi) is 5.28. The Morgan fingerprint density at radius 2 is 1.87 bits per heavy atom. The van der Waals surface area contributed by atoms with Crippen molar-refractivity contribution in [3.63, 3.8) is 0 Å². The number of rotatable bonds is 5. The summed E-state index contributed by atoms with van der Waals surface area (Å²) < 4.78 is 1.15. The van der Waals surface area contributed by atoms with E-state index in [1.807, 2.05) is 21.0 Å². The molecular weight excluding hydrogens is 292 g/mol. The number of aromatic nitrogens is 2. The molecule has 0 fully saturated rings. The van der Waals surface area contributed by atoms with E-state index in [1.165, 1.54) is 24.7 Å². The summed E-state index contributed by atoms with van der Waals surface area (Å²) in [5.74, 6) is -0.292. The third-order valence-electron chi connectivity index (χ3n) is 3.73. The zero-order chi connectivity index (χ0) is 17.0. The summed E-state index contributed by atoms with van der Waals surface area (Å²) in [4.78, 5) is 25.6. The van der Waals surface area contributed by atoms with Crippen LogP contribution in [0.15, 0.2) is 41.2 Å². The predicted molar refractivity (Wildman–Crippen MR) is 89.4 cm³/mol. The van der Waals surface area contributed by atoms with Crippen molar-refractivity contribution in [3.05, 3.63) is 63.6 Å². The van der Waals surface area contributed by atoms with Crippen molar-refractivity contribution in [1.82, 2.24) is 20.0 Å². The van der Waals surface area contributed by atoms with E-state index in [1.54, 1.807) is 0 Å². The van der Waals surface area contributed by atoms with Gasteiger partial charge >= 0.3 is 0 Å². The van der Waals surface area contributed by atoms with Gasteiger partial charge in [0.15, 0.2) is 0 Å². The molecule has 0 radical (unpaired) electrons. The maximum atomic E-state index is 12.2. The summed E-state index contributed by atoms with van der Waals surface area (Å²) in [6, 6.07) is 11.1. The molecule has 2 aromatic rings. The normalized spacial score (nSPS) is 12.2. The minimum Gasteiger partial charge on any atom is -0.349 e. The van der Waals surface area contributed by atoms with Crippen LogP contribution in [-0.4, -0.2) is 41.2 Å². The predicted octanol–water partition coefficient (Wildman–Crippen LogP) is 1.12. The second kappa shape index (κ2) is 7.19. The van der Waals surface area contributed by atoms with E-state index in [0.717, 1.165) is 10.2 Å². The molecule has 0 aliphatic heterocycles. The number of hydrogen-bond acceptors (Lipinski definition) is 4. The van der Waals surface area contributed by atoms with Crippen LogP contribution in [0.3, 0.4) is 0 Å². The van der Waals surface area contributed by atoms with Crippen molar-refractivity contribution >= 4 is 5.91 Å². The highest BCUT2D eigenvalue weighted by Crippen LogP contribution is 2.18. The molecule has 0 aliphatic rings. The minimum atomic E-state index is -0.292. The first-order valence-corrected chi connectivity index (χ1v) is 7.44. The van der Waals surface area contributed by atoms with Crippen LogP contribution >= 0.6 is 0 Å². The number of nitrogens with one attached hydrogen (secondary N) is 1. The van der Waals surface area contributed by atoms with E-state index in [4.69, 9.17) is 0 Å². The summed E-state index contributed by atoms with van der Waals surface area (Å²) in [6.45, 7) is 2.50. The number of nitrogens with zero attached hydrogens (tertiary/aromatic N) is 3. The summed E-state index contributed by atoms with van der Waals surface area (Å²) in [7, 11) is 5.47. The largest absolute Gasteiger partial charge is 0.349 e. The van der Waals surface area contributed by atoms with Gasteiger partial charge in [-0.15, -0.1) is 0 Å². The maximum Gasteiger partial charge on any atom is 0.271 e. The van der Waals surface area contributed by atoms with Crippen LogP contribution in [0.2, 0.25) is 0 Å². The molecule has 0 bridgehead atoms. The Hall–Kier alpha value is -2.47. The molecule has 0 saturated heterocycles. The molecule has 0 saturated carbocycles. The van der Waals surface area contributed by atoms with Crippen LogP contribution in [0, 0.1) is 6.92 Å². The molecule has 0 aliphatic carbocycles. The van der Waals surface area contributed by atoms with Gasteiger partial charge in [-0.2, -0.15) is 5.10 Å². The summed E-state index contributed by atoms with van der Waals surface area (Å²) in [5, 5.41) is 6.84. The molecule has 0 unspecified atom stereocenters. The molecular formula is C17H22N4O2. The number of benzene rings is 1. The zero-order valence-corrected chi connectivity index (χ0v) is 13.9. The molecule has 1 heterocycles. The average Bonchev–Trinajstić information content (AvgIpc) is 2.51. The first-order valence-electron chi connectivity index (χ1n) is 7.44. The fourth-order valence-electron chi connectivity index (χ4n) is 2.29. The van der Waals surface area contributed by atoms with Crippen LogP contribution in [0.1, 0.15) is 27.7 Å². The quantitative estimate of drug-likeness (QED) is 0.898. The molecule has 1 atom stereocenters. The van der Waals surface area contributed by atoms with Crippen LogP contribution in [-0.2, 0) is 7.05 Å². The van der Waals surface area contributed by atoms with Gasteiger partial charge in [-0.1, -0.05) is 29.8 Å². The highest BCUT2D eigenvalue weighted by atomic mass is 16.2. The molecule has 122 valence electrons. The summed E-state index contributed by atoms with van der Waals surface area (Å²) in [5.41, 5.74) is 2.32. The van der Waals surface area contributed by atoms with Crippen LogP contribution in [0.4, 0.5) is 0 Å². The maximum absolute atomic E-state index is 12.2. The molecule has 1 aromatic carbocycles. The molecule has 1 N–H and O–H groups in total. The van der Waals surface area contributed by atoms with E-state index in [9.17, 15) is 9.59 Å². The molecule has 6 nitrogen and oxygen atoms in total. The van der Waals surface area contributed by atoms with Gasteiger partial charge in [0.1, 0.15) is 5.69 Å². The molecule has 2 rings (SSSR count). The number of amides is 1. The van der Waals surface area contributed by atoms with Crippen molar-refractivity contribution in [2.75, 3.05) is 20.6 Å². The number of carbonyl (C=O) groups excluding carboxylic acids is 1. The lowest BCUT2D eigenvalue weighted by molar-refractivity contribution is 0.0934. The lowest BCUT2D eigenvalue weighted by Crippen LogP contribution is -2.35. The Morgan fingerprint density at radius 3 is 2.43 bits per heavy atom. The van der Waals surface area contributed by atoms with Crippen LogP contribution < -0.4 is 10.9 Å². The van der Waals surface area contributed by atoms with Crippen molar-refractivity contribution in [2.45, 2.75) is 13.0 Å². The molecule has 1 amide bonds. The van der Waals surface area contributed by atoms with Gasteiger partial charge in [-0.3, -0.25) is 9.59 Å².